The van der Waals surface area contributed by atoms with Gasteiger partial charge in [0.15, 0.2) is 0 Å². The molecule has 1 aromatic carbocycles. The van der Waals surface area contributed by atoms with Crippen LogP contribution >= 0.6 is 0 Å². The van der Waals surface area contributed by atoms with E-state index in [0.717, 1.165) is 17.4 Å². The van der Waals surface area contributed by atoms with Gasteiger partial charge in [0.1, 0.15) is 0 Å². The molecule has 0 aromatic heterocycles. The maximum absolute atomic E-state index is 6.53. The summed E-state index contributed by atoms with van der Waals surface area (Å²) in [6.07, 6.45) is 11.9. The van der Waals surface area contributed by atoms with E-state index in [4.69, 9.17) is 4.43 Å². The second-order valence-corrected chi connectivity index (χ2v) is 12.0. The lowest BCUT2D eigenvalue weighted by molar-refractivity contribution is 0.234. The highest BCUT2D eigenvalue weighted by molar-refractivity contribution is 6.88. The number of hydrogen-bond donors (Lipinski definition) is 0. The van der Waals surface area contributed by atoms with E-state index in [2.05, 4.69) is 47.4 Å². The molecule has 0 spiro atoms. The van der Waals surface area contributed by atoms with Crippen LogP contribution in [0.1, 0.15) is 32.1 Å². The first-order valence-electron chi connectivity index (χ1n) is 9.83. The molecule has 1 aliphatic heterocycles. The summed E-state index contributed by atoms with van der Waals surface area (Å²) >= 11 is 0. The predicted molar refractivity (Wildman–Crippen MR) is 103 cm³/mol. The molecule has 1 heterocycles. The van der Waals surface area contributed by atoms with Crippen molar-refractivity contribution in [2.24, 2.45) is 11.8 Å². The van der Waals surface area contributed by atoms with Crippen LogP contribution < -0.4 is 5.19 Å². The number of rotatable bonds is 6. The molecule has 1 unspecified atom stereocenters. The Morgan fingerprint density at radius 2 is 1.83 bits per heavy atom. The topological polar surface area (TPSA) is 12.5 Å². The lowest BCUT2D eigenvalue weighted by atomic mass is 10.1. The summed E-state index contributed by atoms with van der Waals surface area (Å²) in [6, 6.07) is 12.5. The van der Waals surface area contributed by atoms with Crippen LogP contribution in [0.15, 0.2) is 42.5 Å². The van der Waals surface area contributed by atoms with Crippen molar-refractivity contribution in [3.63, 3.8) is 0 Å². The van der Waals surface area contributed by atoms with Gasteiger partial charge in [-0.1, -0.05) is 48.9 Å². The van der Waals surface area contributed by atoms with Crippen LogP contribution in [-0.2, 0) is 4.43 Å². The van der Waals surface area contributed by atoms with Gasteiger partial charge in [0.25, 0.3) is 0 Å². The summed E-state index contributed by atoms with van der Waals surface area (Å²) in [4.78, 5) is 2.69. The van der Waals surface area contributed by atoms with E-state index in [9.17, 15) is 0 Å². The van der Waals surface area contributed by atoms with Gasteiger partial charge >= 0.3 is 0 Å². The summed E-state index contributed by atoms with van der Waals surface area (Å²) in [5, 5.41) is 1.52. The van der Waals surface area contributed by atoms with E-state index in [-0.39, 0.29) is 0 Å². The van der Waals surface area contributed by atoms with E-state index < -0.39 is 8.32 Å². The Morgan fingerprint density at radius 1 is 1.04 bits per heavy atom. The molecule has 2 bridgehead atoms. The Labute approximate surface area is 148 Å². The van der Waals surface area contributed by atoms with Crippen LogP contribution in [0.2, 0.25) is 11.6 Å². The van der Waals surface area contributed by atoms with E-state index in [1.165, 1.54) is 63.0 Å². The van der Waals surface area contributed by atoms with Crippen molar-refractivity contribution in [3.8, 4) is 0 Å². The van der Waals surface area contributed by atoms with Gasteiger partial charge in [0.05, 0.1) is 0 Å². The number of nitrogens with zero attached hydrogens (tertiary/aromatic N) is 1. The zero-order valence-electron chi connectivity index (χ0n) is 15.0. The minimum atomic E-state index is -1.94. The molecule has 1 saturated heterocycles. The van der Waals surface area contributed by atoms with Crippen LogP contribution in [0.3, 0.4) is 0 Å². The molecule has 4 rings (SSSR count). The highest BCUT2D eigenvalue weighted by atomic mass is 28.4. The molecule has 3 heteroatoms. The smallest absolute Gasteiger partial charge is 0.228 e. The standard InChI is InChI=1S/C21H31NOSi/c1-23-24(20-8-4-2-5-9-20,15-14-22-12-6-3-7-13-22)21-17-18-10-11-19(21)16-18/h2,4-5,8-11,18-19,21H,3,6-7,12-17H2,1H3/t18-,19+,21+,24?/m0/s1. The molecule has 4 atom stereocenters. The quantitative estimate of drug-likeness (QED) is 0.574. The van der Waals surface area contributed by atoms with Crippen molar-refractivity contribution >= 4 is 13.5 Å². The van der Waals surface area contributed by atoms with E-state index in [0.29, 0.717) is 0 Å². The highest BCUT2D eigenvalue weighted by Crippen LogP contribution is 2.52. The molecule has 3 aliphatic rings. The molecule has 2 nitrogen and oxygen atoms in total. The summed E-state index contributed by atoms with van der Waals surface area (Å²) < 4.78 is 6.53. The summed E-state index contributed by atoms with van der Waals surface area (Å²) in [5.74, 6) is 1.59. The first-order valence-corrected chi connectivity index (χ1v) is 12.0. The Morgan fingerprint density at radius 3 is 2.46 bits per heavy atom. The SMILES string of the molecule is CO[Si](CCN1CCCCC1)(c1ccccc1)[C@@H]1C[C@H]2C=C[C@@H]1C2. The van der Waals surface area contributed by atoms with Crippen LogP contribution in [-0.4, -0.2) is 40.0 Å². The molecule has 1 saturated carbocycles. The Bertz CT molecular complexity index is 568. The third kappa shape index (κ3) is 3.02. The van der Waals surface area contributed by atoms with E-state index in [1.807, 2.05) is 7.11 Å². The van der Waals surface area contributed by atoms with Crippen LogP contribution in [0.4, 0.5) is 0 Å². The van der Waals surface area contributed by atoms with E-state index >= 15 is 0 Å². The molecular weight excluding hydrogens is 310 g/mol. The Hall–Kier alpha value is -0.903. The van der Waals surface area contributed by atoms with Crippen molar-refractivity contribution < 1.29 is 4.43 Å². The minimum absolute atomic E-state index is 0.767. The van der Waals surface area contributed by atoms with E-state index in [1.54, 1.807) is 0 Å². The van der Waals surface area contributed by atoms with Gasteiger partial charge in [-0.2, -0.15) is 0 Å². The van der Waals surface area contributed by atoms with Crippen LogP contribution in [0.5, 0.6) is 0 Å². The average molecular weight is 342 g/mol. The molecule has 130 valence electrons. The fraction of sp³-hybridized carbons (Fsp3) is 0.619. The fourth-order valence-corrected chi connectivity index (χ4v) is 10.3. The maximum Gasteiger partial charge on any atom is 0.228 e. The zero-order valence-corrected chi connectivity index (χ0v) is 16.0. The molecule has 0 radical (unpaired) electrons. The zero-order chi connectivity index (χ0) is 16.4. The first kappa shape index (κ1) is 16.6. The average Bonchev–Trinajstić information content (AvgIpc) is 3.28. The third-order valence-electron chi connectivity index (χ3n) is 6.75. The molecule has 0 N–H and O–H groups in total. The van der Waals surface area contributed by atoms with Gasteiger partial charge in [0.2, 0.25) is 8.32 Å². The van der Waals surface area contributed by atoms with Crippen molar-refractivity contribution in [1.82, 2.24) is 4.90 Å². The maximum atomic E-state index is 6.53. The second kappa shape index (κ2) is 7.15. The van der Waals surface area contributed by atoms with Gasteiger partial charge in [-0.15, -0.1) is 0 Å². The number of hydrogen-bond acceptors (Lipinski definition) is 2. The van der Waals surface area contributed by atoms with Crippen LogP contribution in [0.25, 0.3) is 0 Å². The Balaban J connectivity index is 1.59. The molecule has 0 amide bonds. The predicted octanol–water partition coefficient (Wildman–Crippen LogP) is 3.94. The van der Waals surface area contributed by atoms with Gasteiger partial charge in [-0.3, -0.25) is 0 Å². The normalized spacial score (nSPS) is 32.1. The number of allylic oxidation sites excluding steroid dienone is 2. The number of likely N-dealkylation sites (tertiary alicyclic amines) is 1. The second-order valence-electron chi connectivity index (χ2n) is 8.00. The molecule has 2 aliphatic carbocycles. The van der Waals surface area contributed by atoms with Crippen molar-refractivity contribution in [1.29, 1.82) is 0 Å². The van der Waals surface area contributed by atoms with Gasteiger partial charge in [-0.05, 0) is 73.9 Å². The number of piperidine rings is 1. The highest BCUT2D eigenvalue weighted by Gasteiger charge is 2.52. The van der Waals surface area contributed by atoms with Crippen molar-refractivity contribution in [2.45, 2.75) is 43.7 Å². The molecule has 2 fully saturated rings. The largest absolute Gasteiger partial charge is 0.415 e. The van der Waals surface area contributed by atoms with Gasteiger partial charge in [-0.25, -0.2) is 0 Å². The first-order chi connectivity index (χ1) is 11.8. The molecule has 24 heavy (non-hydrogen) atoms. The lowest BCUT2D eigenvalue weighted by Gasteiger charge is -2.40. The Kier molecular flexibility index (Phi) is 4.93. The van der Waals surface area contributed by atoms with Gasteiger partial charge < -0.3 is 9.33 Å². The number of benzene rings is 1. The summed E-state index contributed by atoms with van der Waals surface area (Å²) in [7, 11) is 0.0620. The summed E-state index contributed by atoms with van der Waals surface area (Å²) in [6.45, 7) is 3.81. The fourth-order valence-electron chi connectivity index (χ4n) is 5.46. The van der Waals surface area contributed by atoms with Crippen molar-refractivity contribution in [2.75, 3.05) is 26.7 Å². The number of fused-ring (bicyclic) bond motifs is 2. The van der Waals surface area contributed by atoms with Crippen molar-refractivity contribution in [3.05, 3.63) is 42.5 Å². The minimum Gasteiger partial charge on any atom is -0.415 e. The molecule has 1 aromatic rings. The lowest BCUT2D eigenvalue weighted by Crippen LogP contribution is -2.56. The third-order valence-corrected chi connectivity index (χ3v) is 11.6. The monoisotopic (exact) mass is 341 g/mol. The summed E-state index contributed by atoms with van der Waals surface area (Å²) in [5.41, 5.74) is 0.768. The van der Waals surface area contributed by atoms with Gasteiger partial charge in [0, 0.05) is 7.11 Å². The van der Waals surface area contributed by atoms with Crippen LogP contribution in [0, 0.1) is 11.8 Å². The molecular formula is C21H31NOSi.